The summed E-state index contributed by atoms with van der Waals surface area (Å²) in [6.07, 6.45) is 2.69. The van der Waals surface area contributed by atoms with E-state index in [0.29, 0.717) is 0 Å². The van der Waals surface area contributed by atoms with Crippen LogP contribution in [-0.2, 0) is 6.54 Å². The molecule has 2 aromatic carbocycles. The number of halogens is 1. The maximum atomic E-state index is 6.12. The number of hydrogen-bond donors (Lipinski definition) is 1. The number of rotatable bonds is 5. The van der Waals surface area contributed by atoms with Crippen molar-refractivity contribution in [3.8, 4) is 0 Å². The molecule has 21 heavy (non-hydrogen) atoms. The number of anilines is 2. The van der Waals surface area contributed by atoms with E-state index in [9.17, 15) is 0 Å². The number of benzene rings is 2. The second kappa shape index (κ2) is 5.98. The molecule has 1 saturated carbocycles. The number of nitrogens with zero attached hydrogens (tertiary/aromatic N) is 1. The topological polar surface area (TPSA) is 15.3 Å². The molecule has 0 atom stereocenters. The fourth-order valence-corrected chi connectivity index (χ4v) is 2.78. The van der Waals surface area contributed by atoms with Gasteiger partial charge >= 0.3 is 0 Å². The van der Waals surface area contributed by atoms with Gasteiger partial charge in [0.25, 0.3) is 0 Å². The molecule has 2 nitrogen and oxygen atoms in total. The summed E-state index contributed by atoms with van der Waals surface area (Å²) in [6, 6.07) is 14.9. The van der Waals surface area contributed by atoms with Gasteiger partial charge in [-0.2, -0.15) is 0 Å². The molecule has 110 valence electrons. The zero-order valence-electron chi connectivity index (χ0n) is 12.6. The lowest BCUT2D eigenvalue weighted by molar-refractivity contribution is 1.07. The molecule has 3 rings (SSSR count). The van der Waals surface area contributed by atoms with E-state index < -0.39 is 0 Å². The van der Waals surface area contributed by atoms with Crippen LogP contribution in [-0.4, -0.2) is 14.1 Å². The Bertz CT molecular complexity index is 633. The standard InChI is InChI=1S/C18H21ClN2/c1-21(2)18-9-8-16(19)11-17(18)20-12-13-4-3-5-15(10-13)14-6-7-14/h3-5,8-11,14,20H,6-7,12H2,1-2H3. The van der Waals surface area contributed by atoms with E-state index in [-0.39, 0.29) is 0 Å². The lowest BCUT2D eigenvalue weighted by atomic mass is 10.1. The summed E-state index contributed by atoms with van der Waals surface area (Å²) < 4.78 is 0. The Morgan fingerprint density at radius 1 is 1.14 bits per heavy atom. The zero-order valence-corrected chi connectivity index (χ0v) is 13.3. The summed E-state index contributed by atoms with van der Waals surface area (Å²) >= 11 is 6.12. The third-order valence-corrected chi connectivity index (χ3v) is 4.16. The van der Waals surface area contributed by atoms with Crippen molar-refractivity contribution in [2.24, 2.45) is 0 Å². The predicted octanol–water partition coefficient (Wildman–Crippen LogP) is 4.90. The monoisotopic (exact) mass is 300 g/mol. The molecule has 1 N–H and O–H groups in total. The van der Waals surface area contributed by atoms with Crippen LogP contribution in [0.2, 0.25) is 5.02 Å². The van der Waals surface area contributed by atoms with Gasteiger partial charge in [0.15, 0.2) is 0 Å². The predicted molar refractivity (Wildman–Crippen MR) is 91.5 cm³/mol. The van der Waals surface area contributed by atoms with Crippen molar-refractivity contribution in [1.29, 1.82) is 0 Å². The molecule has 1 aliphatic rings. The molecule has 3 heteroatoms. The quantitative estimate of drug-likeness (QED) is 0.845. The van der Waals surface area contributed by atoms with Gasteiger partial charge < -0.3 is 10.2 Å². The summed E-state index contributed by atoms with van der Waals surface area (Å²) in [5.74, 6) is 0.799. The highest BCUT2D eigenvalue weighted by Gasteiger charge is 2.23. The van der Waals surface area contributed by atoms with Crippen LogP contribution < -0.4 is 10.2 Å². The molecule has 2 aromatic rings. The van der Waals surface area contributed by atoms with E-state index in [1.165, 1.54) is 24.0 Å². The minimum atomic E-state index is 0.759. The summed E-state index contributed by atoms with van der Waals surface area (Å²) in [4.78, 5) is 2.10. The van der Waals surface area contributed by atoms with Gasteiger partial charge in [0, 0.05) is 25.7 Å². The Labute approximate surface area is 131 Å². The van der Waals surface area contributed by atoms with Gasteiger partial charge in [0.2, 0.25) is 0 Å². The Balaban J connectivity index is 1.75. The molecule has 1 aliphatic carbocycles. The Morgan fingerprint density at radius 2 is 1.95 bits per heavy atom. The van der Waals surface area contributed by atoms with Crippen LogP contribution >= 0.6 is 11.6 Å². The van der Waals surface area contributed by atoms with Crippen LogP contribution in [0.15, 0.2) is 42.5 Å². The van der Waals surface area contributed by atoms with Crippen LogP contribution in [0.1, 0.15) is 29.9 Å². The lowest BCUT2D eigenvalue weighted by Gasteiger charge is -2.19. The first-order valence-corrected chi connectivity index (χ1v) is 7.81. The molecular weight excluding hydrogens is 280 g/mol. The molecule has 0 amide bonds. The van der Waals surface area contributed by atoms with Crippen molar-refractivity contribution in [3.63, 3.8) is 0 Å². The molecule has 0 bridgehead atoms. The molecule has 0 radical (unpaired) electrons. The van der Waals surface area contributed by atoms with Gasteiger partial charge in [-0.05, 0) is 48.1 Å². The average molecular weight is 301 g/mol. The third kappa shape index (κ3) is 3.51. The largest absolute Gasteiger partial charge is 0.379 e. The minimum Gasteiger partial charge on any atom is -0.379 e. The Kier molecular flexibility index (Phi) is 4.07. The fourth-order valence-electron chi connectivity index (χ4n) is 2.61. The highest BCUT2D eigenvalue weighted by atomic mass is 35.5. The molecule has 0 spiro atoms. The maximum absolute atomic E-state index is 6.12. The Hall–Kier alpha value is -1.67. The molecular formula is C18H21ClN2. The summed E-state index contributed by atoms with van der Waals surface area (Å²) in [7, 11) is 4.09. The number of hydrogen-bond acceptors (Lipinski definition) is 2. The molecule has 0 aromatic heterocycles. The SMILES string of the molecule is CN(C)c1ccc(Cl)cc1NCc1cccc(C2CC2)c1. The number of nitrogens with one attached hydrogen (secondary N) is 1. The van der Waals surface area contributed by atoms with Crippen LogP contribution in [0.5, 0.6) is 0 Å². The van der Waals surface area contributed by atoms with Crippen LogP contribution in [0.4, 0.5) is 11.4 Å². The van der Waals surface area contributed by atoms with Gasteiger partial charge in [-0.15, -0.1) is 0 Å². The highest BCUT2D eigenvalue weighted by molar-refractivity contribution is 6.31. The van der Waals surface area contributed by atoms with Crippen molar-refractivity contribution in [3.05, 3.63) is 58.6 Å². The van der Waals surface area contributed by atoms with Crippen molar-refractivity contribution >= 4 is 23.0 Å². The van der Waals surface area contributed by atoms with Gasteiger partial charge in [-0.3, -0.25) is 0 Å². The van der Waals surface area contributed by atoms with Crippen LogP contribution in [0, 0.1) is 0 Å². The van der Waals surface area contributed by atoms with Gasteiger partial charge in [0.05, 0.1) is 11.4 Å². The van der Waals surface area contributed by atoms with Crippen LogP contribution in [0.25, 0.3) is 0 Å². The first kappa shape index (κ1) is 14.3. The maximum Gasteiger partial charge on any atom is 0.0597 e. The lowest BCUT2D eigenvalue weighted by Crippen LogP contribution is -2.12. The molecule has 0 aliphatic heterocycles. The summed E-state index contributed by atoms with van der Waals surface area (Å²) in [5, 5.41) is 4.27. The van der Waals surface area contributed by atoms with E-state index in [2.05, 4.69) is 34.5 Å². The van der Waals surface area contributed by atoms with E-state index in [4.69, 9.17) is 11.6 Å². The molecule has 0 heterocycles. The molecule has 0 saturated heterocycles. The smallest absolute Gasteiger partial charge is 0.0597 e. The highest BCUT2D eigenvalue weighted by Crippen LogP contribution is 2.40. The van der Waals surface area contributed by atoms with Crippen molar-refractivity contribution in [2.45, 2.75) is 25.3 Å². The second-order valence-corrected chi connectivity index (χ2v) is 6.37. The van der Waals surface area contributed by atoms with E-state index in [1.807, 2.05) is 32.3 Å². The first-order valence-electron chi connectivity index (χ1n) is 7.43. The summed E-state index contributed by atoms with van der Waals surface area (Å²) in [5.41, 5.74) is 5.03. The third-order valence-electron chi connectivity index (χ3n) is 3.92. The Morgan fingerprint density at radius 3 is 2.67 bits per heavy atom. The van der Waals surface area contributed by atoms with Crippen molar-refractivity contribution in [1.82, 2.24) is 0 Å². The minimum absolute atomic E-state index is 0.759. The van der Waals surface area contributed by atoms with Gasteiger partial charge in [0.1, 0.15) is 0 Å². The fraction of sp³-hybridized carbons (Fsp3) is 0.333. The van der Waals surface area contributed by atoms with Crippen LogP contribution in [0.3, 0.4) is 0 Å². The second-order valence-electron chi connectivity index (χ2n) is 5.93. The van der Waals surface area contributed by atoms with Gasteiger partial charge in [-0.1, -0.05) is 35.9 Å². The van der Waals surface area contributed by atoms with Gasteiger partial charge in [-0.25, -0.2) is 0 Å². The molecule has 1 fully saturated rings. The normalized spacial score (nSPS) is 14.0. The van der Waals surface area contributed by atoms with E-state index >= 15 is 0 Å². The first-order chi connectivity index (χ1) is 10.1. The molecule has 0 unspecified atom stereocenters. The zero-order chi connectivity index (χ0) is 14.8. The van der Waals surface area contributed by atoms with E-state index in [1.54, 1.807) is 0 Å². The van der Waals surface area contributed by atoms with E-state index in [0.717, 1.165) is 28.9 Å². The van der Waals surface area contributed by atoms with Crippen molar-refractivity contribution < 1.29 is 0 Å². The average Bonchev–Trinajstić information content (AvgIpc) is 3.30. The van der Waals surface area contributed by atoms with Crippen molar-refractivity contribution in [2.75, 3.05) is 24.3 Å². The summed E-state index contributed by atoms with van der Waals surface area (Å²) in [6.45, 7) is 0.821.